The normalized spacial score (nSPS) is 11.9. The second-order valence-corrected chi connectivity index (χ2v) is 4.04. The number of nitrogens with two attached hydrogens (primary N) is 1. The van der Waals surface area contributed by atoms with Crippen LogP contribution >= 0.6 is 0 Å². The smallest absolute Gasteiger partial charge is 0.279 e. The Hall–Kier alpha value is -0.660. The molecule has 0 fully saturated rings. The van der Waals surface area contributed by atoms with Gasteiger partial charge in [-0.3, -0.25) is 4.79 Å². The van der Waals surface area contributed by atoms with E-state index in [4.69, 9.17) is 5.73 Å². The molecule has 6 nitrogen and oxygen atoms in total. The average Bonchev–Trinajstić information content (AvgIpc) is 1.84. The summed E-state index contributed by atoms with van der Waals surface area (Å²) in [6, 6.07) is 0. The second kappa shape index (κ2) is 3.65. The Balaban J connectivity index is 4.05. The fourth-order valence-electron chi connectivity index (χ4n) is 0.291. The number of hydrogen-bond acceptors (Lipinski definition) is 3. The monoisotopic (exact) mass is 181 g/mol. The number of rotatable bonds is 4. The van der Waals surface area contributed by atoms with E-state index in [1.165, 1.54) is 14.1 Å². The first kappa shape index (κ1) is 10.3. The van der Waals surface area contributed by atoms with Crippen LogP contribution in [0.1, 0.15) is 0 Å². The van der Waals surface area contributed by atoms with Gasteiger partial charge in [-0.15, -0.1) is 0 Å². The Morgan fingerprint density at radius 1 is 1.55 bits per heavy atom. The highest BCUT2D eigenvalue weighted by Gasteiger charge is 2.12. The van der Waals surface area contributed by atoms with E-state index in [2.05, 4.69) is 0 Å². The van der Waals surface area contributed by atoms with Gasteiger partial charge in [-0.1, -0.05) is 0 Å². The molecule has 0 aromatic carbocycles. The van der Waals surface area contributed by atoms with Gasteiger partial charge in [0.15, 0.2) is 0 Å². The Morgan fingerprint density at radius 3 is 2.27 bits per heavy atom. The van der Waals surface area contributed by atoms with Crippen LogP contribution in [0.4, 0.5) is 0 Å². The summed E-state index contributed by atoms with van der Waals surface area (Å²) in [7, 11) is -0.810. The first-order chi connectivity index (χ1) is 4.86. The first-order valence-corrected chi connectivity index (χ1v) is 4.25. The molecule has 0 aromatic rings. The summed E-state index contributed by atoms with van der Waals surface area (Å²) in [6.07, 6.45) is 0. The lowest BCUT2D eigenvalue weighted by Crippen LogP contribution is -2.40. The van der Waals surface area contributed by atoms with Crippen LogP contribution in [-0.2, 0) is 15.0 Å². The van der Waals surface area contributed by atoms with Gasteiger partial charge in [0.2, 0.25) is 5.91 Å². The Labute approximate surface area is 65.5 Å². The van der Waals surface area contributed by atoms with Crippen LogP contribution in [-0.4, -0.2) is 39.3 Å². The maximum Gasteiger partial charge on any atom is 0.279 e. The molecule has 0 aromatic heterocycles. The van der Waals surface area contributed by atoms with Crippen molar-refractivity contribution in [3.05, 3.63) is 0 Å². The van der Waals surface area contributed by atoms with Crippen molar-refractivity contribution in [3.63, 3.8) is 0 Å². The topological polar surface area (TPSA) is 92.5 Å². The van der Waals surface area contributed by atoms with E-state index in [1.807, 2.05) is 4.72 Å². The minimum absolute atomic E-state index is 0.374. The van der Waals surface area contributed by atoms with Crippen molar-refractivity contribution in [2.45, 2.75) is 0 Å². The number of hydrogen-bond donors (Lipinski definition) is 2. The molecule has 0 heterocycles. The molecule has 3 N–H and O–H groups in total. The van der Waals surface area contributed by atoms with Crippen LogP contribution in [0.5, 0.6) is 0 Å². The minimum Gasteiger partial charge on any atom is -0.369 e. The van der Waals surface area contributed by atoms with Gasteiger partial charge in [0, 0.05) is 14.1 Å². The third-order valence-corrected chi connectivity index (χ3v) is 2.38. The highest BCUT2D eigenvalue weighted by Crippen LogP contribution is 1.85. The molecule has 0 saturated heterocycles. The van der Waals surface area contributed by atoms with Crippen molar-refractivity contribution >= 4 is 16.1 Å². The summed E-state index contributed by atoms with van der Waals surface area (Å²) in [5, 5.41) is 0. The maximum atomic E-state index is 10.8. The predicted molar refractivity (Wildman–Crippen MR) is 39.8 cm³/mol. The molecule has 0 rings (SSSR count). The molecule has 66 valence electrons. The van der Waals surface area contributed by atoms with Gasteiger partial charge in [-0.25, -0.2) is 0 Å². The summed E-state index contributed by atoms with van der Waals surface area (Å²) in [5.74, 6) is -0.713. The zero-order chi connectivity index (χ0) is 9.07. The van der Waals surface area contributed by atoms with Gasteiger partial charge in [0.05, 0.1) is 6.54 Å². The number of nitrogens with one attached hydrogen (secondary N) is 1. The molecule has 1 amide bonds. The molecular weight excluding hydrogens is 170 g/mol. The van der Waals surface area contributed by atoms with Crippen LogP contribution in [0.2, 0.25) is 0 Å². The largest absolute Gasteiger partial charge is 0.369 e. The van der Waals surface area contributed by atoms with Crippen LogP contribution in [0.25, 0.3) is 0 Å². The minimum atomic E-state index is -3.51. The predicted octanol–water partition coefficient (Wildman–Crippen LogP) is -2.13. The zero-order valence-electron chi connectivity index (χ0n) is 6.36. The third-order valence-electron chi connectivity index (χ3n) is 0.910. The van der Waals surface area contributed by atoms with Crippen LogP contribution in [0.3, 0.4) is 0 Å². The van der Waals surface area contributed by atoms with Crippen molar-refractivity contribution in [1.82, 2.24) is 9.03 Å². The van der Waals surface area contributed by atoms with Crippen LogP contribution in [0, 0.1) is 0 Å². The zero-order valence-corrected chi connectivity index (χ0v) is 7.18. The molecule has 0 unspecified atom stereocenters. The Kier molecular flexibility index (Phi) is 3.43. The van der Waals surface area contributed by atoms with Crippen LogP contribution in [0.15, 0.2) is 0 Å². The lowest BCUT2D eigenvalue weighted by molar-refractivity contribution is -0.116. The molecular formula is C4H11N3O3S. The van der Waals surface area contributed by atoms with Gasteiger partial charge in [-0.2, -0.15) is 17.4 Å². The summed E-state index contributed by atoms with van der Waals surface area (Å²) < 4.78 is 24.6. The van der Waals surface area contributed by atoms with Crippen molar-refractivity contribution in [1.29, 1.82) is 0 Å². The molecule has 11 heavy (non-hydrogen) atoms. The lowest BCUT2D eigenvalue weighted by atomic mass is 10.7. The van der Waals surface area contributed by atoms with E-state index >= 15 is 0 Å². The SMILES string of the molecule is CN(C)S(=O)(=O)NCC(N)=O. The number of primary amides is 1. The van der Waals surface area contributed by atoms with Gasteiger partial charge >= 0.3 is 0 Å². The Morgan fingerprint density at radius 2 is 2.00 bits per heavy atom. The fraction of sp³-hybridized carbons (Fsp3) is 0.750. The number of carbonyl (C=O) groups excluding carboxylic acids is 1. The van der Waals surface area contributed by atoms with Gasteiger partial charge in [0.25, 0.3) is 10.2 Å². The average molecular weight is 181 g/mol. The molecule has 0 radical (unpaired) electrons. The molecule has 0 saturated carbocycles. The standard InChI is InChI=1S/C4H11N3O3S/c1-7(2)11(9,10)6-3-4(5)8/h6H,3H2,1-2H3,(H2,5,8). The molecule has 0 atom stereocenters. The molecule has 0 aliphatic carbocycles. The summed E-state index contributed by atoms with van der Waals surface area (Å²) >= 11 is 0. The van der Waals surface area contributed by atoms with Crippen molar-refractivity contribution in [2.24, 2.45) is 5.73 Å². The lowest BCUT2D eigenvalue weighted by Gasteiger charge is -2.10. The van der Waals surface area contributed by atoms with Gasteiger partial charge < -0.3 is 5.73 Å². The highest BCUT2D eigenvalue weighted by atomic mass is 32.2. The van der Waals surface area contributed by atoms with E-state index in [1.54, 1.807) is 0 Å². The fourth-order valence-corrected chi connectivity index (χ4v) is 0.874. The summed E-state index contributed by atoms with van der Waals surface area (Å²) in [6.45, 7) is -0.374. The maximum absolute atomic E-state index is 10.8. The second-order valence-electron chi connectivity index (χ2n) is 2.07. The van der Waals surface area contributed by atoms with E-state index in [9.17, 15) is 13.2 Å². The quantitative estimate of drug-likeness (QED) is 0.518. The van der Waals surface area contributed by atoms with Crippen molar-refractivity contribution < 1.29 is 13.2 Å². The number of nitrogens with zero attached hydrogens (tertiary/aromatic N) is 1. The number of carbonyl (C=O) groups is 1. The molecule has 0 aliphatic heterocycles. The van der Waals surface area contributed by atoms with E-state index in [0.29, 0.717) is 0 Å². The number of amides is 1. The van der Waals surface area contributed by atoms with E-state index in [0.717, 1.165) is 4.31 Å². The first-order valence-electron chi connectivity index (χ1n) is 2.81. The summed E-state index contributed by atoms with van der Waals surface area (Å²) in [4.78, 5) is 10.1. The Bertz CT molecular complexity index is 233. The molecule has 0 aliphatic rings. The van der Waals surface area contributed by atoms with E-state index in [-0.39, 0.29) is 6.54 Å². The van der Waals surface area contributed by atoms with Gasteiger partial charge in [0.1, 0.15) is 0 Å². The van der Waals surface area contributed by atoms with E-state index < -0.39 is 16.1 Å². The van der Waals surface area contributed by atoms with Crippen LogP contribution < -0.4 is 10.5 Å². The molecule has 0 spiro atoms. The van der Waals surface area contributed by atoms with Gasteiger partial charge in [-0.05, 0) is 0 Å². The van der Waals surface area contributed by atoms with Crippen molar-refractivity contribution in [3.8, 4) is 0 Å². The molecule has 7 heteroatoms. The van der Waals surface area contributed by atoms with Crippen molar-refractivity contribution in [2.75, 3.05) is 20.6 Å². The summed E-state index contributed by atoms with van der Waals surface area (Å²) in [5.41, 5.74) is 4.72. The molecule has 0 bridgehead atoms. The third kappa shape index (κ3) is 3.91. The highest BCUT2D eigenvalue weighted by molar-refractivity contribution is 7.87.